The van der Waals surface area contributed by atoms with Crippen molar-refractivity contribution in [3.8, 4) is 0 Å². The highest BCUT2D eigenvalue weighted by Gasteiger charge is 2.22. The molecule has 3 atom stereocenters. The van der Waals surface area contributed by atoms with Gasteiger partial charge in [0.05, 0.1) is 0 Å². The zero-order valence-electron chi connectivity index (χ0n) is 8.99. The standard InChI is InChI=1S/C10H22N2S/c1-8(11)6-12(3)10-5-4-9(2)13-7-10/h8-10H,4-7,11H2,1-3H3/t8-,9?,10?/m1/s1. The van der Waals surface area contributed by atoms with E-state index in [9.17, 15) is 0 Å². The maximum Gasteiger partial charge on any atom is 0.0184 e. The average Bonchev–Trinajstić information content (AvgIpc) is 2.04. The molecule has 1 rings (SSSR count). The Kier molecular flexibility index (Phi) is 4.56. The van der Waals surface area contributed by atoms with Crippen LogP contribution in [0.15, 0.2) is 0 Å². The molecule has 0 aromatic heterocycles. The van der Waals surface area contributed by atoms with Crippen LogP contribution in [0, 0.1) is 0 Å². The number of nitrogens with zero attached hydrogens (tertiary/aromatic N) is 1. The highest BCUT2D eigenvalue weighted by atomic mass is 32.2. The van der Waals surface area contributed by atoms with E-state index in [1.807, 2.05) is 0 Å². The zero-order chi connectivity index (χ0) is 9.84. The first-order valence-corrected chi connectivity index (χ1v) is 6.22. The van der Waals surface area contributed by atoms with Gasteiger partial charge >= 0.3 is 0 Å². The van der Waals surface area contributed by atoms with Gasteiger partial charge in [-0.15, -0.1) is 0 Å². The van der Waals surface area contributed by atoms with E-state index < -0.39 is 0 Å². The van der Waals surface area contributed by atoms with E-state index in [4.69, 9.17) is 5.73 Å². The first-order chi connectivity index (χ1) is 6.09. The Labute approximate surface area is 86.2 Å². The van der Waals surface area contributed by atoms with E-state index >= 15 is 0 Å². The number of thioether (sulfide) groups is 1. The number of rotatable bonds is 3. The molecule has 2 nitrogen and oxygen atoms in total. The minimum Gasteiger partial charge on any atom is -0.327 e. The summed E-state index contributed by atoms with van der Waals surface area (Å²) in [5.74, 6) is 1.28. The molecule has 0 aromatic rings. The van der Waals surface area contributed by atoms with Gasteiger partial charge in [-0.05, 0) is 26.8 Å². The van der Waals surface area contributed by atoms with Crippen LogP contribution in [0.1, 0.15) is 26.7 Å². The van der Waals surface area contributed by atoms with E-state index in [0.29, 0.717) is 6.04 Å². The molecule has 0 amide bonds. The van der Waals surface area contributed by atoms with E-state index in [1.54, 1.807) is 0 Å². The highest BCUT2D eigenvalue weighted by molar-refractivity contribution is 7.99. The topological polar surface area (TPSA) is 29.3 Å². The molecule has 1 aliphatic rings. The third-order valence-corrected chi connectivity index (χ3v) is 4.06. The Morgan fingerprint density at radius 3 is 2.69 bits per heavy atom. The molecule has 78 valence electrons. The summed E-state index contributed by atoms with van der Waals surface area (Å²) in [6.07, 6.45) is 2.70. The second-order valence-electron chi connectivity index (χ2n) is 4.29. The normalized spacial score (nSPS) is 32.1. The van der Waals surface area contributed by atoms with Crippen LogP contribution in [0.25, 0.3) is 0 Å². The quantitative estimate of drug-likeness (QED) is 0.753. The molecule has 1 fully saturated rings. The van der Waals surface area contributed by atoms with Gasteiger partial charge in [0.1, 0.15) is 0 Å². The Morgan fingerprint density at radius 2 is 2.23 bits per heavy atom. The van der Waals surface area contributed by atoms with Crippen molar-refractivity contribution in [2.45, 2.75) is 44.0 Å². The fourth-order valence-corrected chi connectivity index (χ4v) is 3.09. The summed E-state index contributed by atoms with van der Waals surface area (Å²) in [7, 11) is 2.20. The molecule has 0 aromatic carbocycles. The van der Waals surface area contributed by atoms with Crippen LogP contribution < -0.4 is 5.73 Å². The van der Waals surface area contributed by atoms with Crippen LogP contribution in [0.5, 0.6) is 0 Å². The van der Waals surface area contributed by atoms with E-state index in [-0.39, 0.29) is 0 Å². The molecule has 1 aliphatic heterocycles. The molecule has 0 bridgehead atoms. The Morgan fingerprint density at radius 1 is 1.54 bits per heavy atom. The van der Waals surface area contributed by atoms with Gasteiger partial charge in [-0.2, -0.15) is 11.8 Å². The SMILES string of the molecule is CC1CCC(N(C)C[C@@H](C)N)CS1. The molecule has 3 heteroatoms. The summed E-state index contributed by atoms with van der Waals surface area (Å²) in [6, 6.07) is 1.06. The second-order valence-corrected chi connectivity index (χ2v) is 5.76. The van der Waals surface area contributed by atoms with Crippen molar-refractivity contribution in [1.82, 2.24) is 4.90 Å². The van der Waals surface area contributed by atoms with Gasteiger partial charge in [0.15, 0.2) is 0 Å². The molecule has 13 heavy (non-hydrogen) atoms. The third-order valence-electron chi connectivity index (χ3n) is 2.68. The van der Waals surface area contributed by atoms with Crippen LogP contribution in [0.4, 0.5) is 0 Å². The molecule has 0 aliphatic carbocycles. The highest BCUT2D eigenvalue weighted by Crippen LogP contribution is 2.27. The van der Waals surface area contributed by atoms with E-state index in [1.165, 1.54) is 18.6 Å². The lowest BCUT2D eigenvalue weighted by molar-refractivity contribution is 0.232. The largest absolute Gasteiger partial charge is 0.327 e. The van der Waals surface area contributed by atoms with Crippen molar-refractivity contribution in [2.75, 3.05) is 19.3 Å². The predicted molar refractivity (Wildman–Crippen MR) is 61.2 cm³/mol. The molecule has 0 saturated carbocycles. The van der Waals surface area contributed by atoms with E-state index in [0.717, 1.165) is 17.8 Å². The summed E-state index contributed by atoms with van der Waals surface area (Å²) in [6.45, 7) is 5.43. The summed E-state index contributed by atoms with van der Waals surface area (Å²) in [5, 5.41) is 0.861. The minimum absolute atomic E-state index is 0.300. The lowest BCUT2D eigenvalue weighted by atomic mass is 10.1. The summed E-state index contributed by atoms with van der Waals surface area (Å²) >= 11 is 2.10. The monoisotopic (exact) mass is 202 g/mol. The Balaban J connectivity index is 2.27. The number of likely N-dealkylation sites (N-methyl/N-ethyl adjacent to an activating group) is 1. The van der Waals surface area contributed by atoms with Gasteiger partial charge in [0, 0.05) is 29.6 Å². The van der Waals surface area contributed by atoms with Crippen LogP contribution in [-0.4, -0.2) is 41.6 Å². The fourth-order valence-electron chi connectivity index (χ4n) is 1.82. The van der Waals surface area contributed by atoms with Crippen molar-refractivity contribution in [1.29, 1.82) is 0 Å². The van der Waals surface area contributed by atoms with Crippen LogP contribution in [-0.2, 0) is 0 Å². The minimum atomic E-state index is 0.300. The maximum absolute atomic E-state index is 5.78. The summed E-state index contributed by atoms with van der Waals surface area (Å²) in [4.78, 5) is 2.42. The lowest BCUT2D eigenvalue weighted by Crippen LogP contribution is -2.42. The van der Waals surface area contributed by atoms with Gasteiger partial charge in [0.2, 0.25) is 0 Å². The lowest BCUT2D eigenvalue weighted by Gasteiger charge is -2.34. The third kappa shape index (κ3) is 3.88. The predicted octanol–water partition coefficient (Wildman–Crippen LogP) is 1.55. The maximum atomic E-state index is 5.78. The van der Waals surface area contributed by atoms with Crippen molar-refractivity contribution in [3.05, 3.63) is 0 Å². The van der Waals surface area contributed by atoms with Crippen molar-refractivity contribution in [3.63, 3.8) is 0 Å². The first-order valence-electron chi connectivity index (χ1n) is 5.17. The van der Waals surface area contributed by atoms with Crippen LogP contribution in [0.2, 0.25) is 0 Å². The number of hydrogen-bond acceptors (Lipinski definition) is 3. The van der Waals surface area contributed by atoms with Gasteiger partial charge < -0.3 is 10.6 Å². The Bertz CT molecular complexity index is 142. The molecular weight excluding hydrogens is 180 g/mol. The van der Waals surface area contributed by atoms with Crippen molar-refractivity contribution >= 4 is 11.8 Å². The summed E-state index contributed by atoms with van der Waals surface area (Å²) in [5.41, 5.74) is 5.78. The molecule has 0 spiro atoms. The zero-order valence-corrected chi connectivity index (χ0v) is 9.81. The van der Waals surface area contributed by atoms with E-state index in [2.05, 4.69) is 37.6 Å². The van der Waals surface area contributed by atoms with Gasteiger partial charge in [0.25, 0.3) is 0 Å². The fraction of sp³-hybridized carbons (Fsp3) is 1.00. The summed E-state index contributed by atoms with van der Waals surface area (Å²) < 4.78 is 0. The molecule has 0 radical (unpaired) electrons. The van der Waals surface area contributed by atoms with Crippen molar-refractivity contribution < 1.29 is 0 Å². The number of nitrogens with two attached hydrogens (primary N) is 1. The second kappa shape index (κ2) is 5.23. The van der Waals surface area contributed by atoms with Crippen LogP contribution in [0.3, 0.4) is 0 Å². The number of hydrogen-bond donors (Lipinski definition) is 1. The first kappa shape index (κ1) is 11.3. The Hall–Kier alpha value is 0.270. The molecule has 1 heterocycles. The van der Waals surface area contributed by atoms with Gasteiger partial charge in [-0.3, -0.25) is 0 Å². The van der Waals surface area contributed by atoms with Crippen LogP contribution >= 0.6 is 11.8 Å². The molecule has 2 N–H and O–H groups in total. The van der Waals surface area contributed by atoms with Gasteiger partial charge in [-0.1, -0.05) is 6.92 Å². The average molecular weight is 202 g/mol. The molecule has 1 saturated heterocycles. The van der Waals surface area contributed by atoms with Crippen molar-refractivity contribution in [2.24, 2.45) is 5.73 Å². The van der Waals surface area contributed by atoms with Gasteiger partial charge in [-0.25, -0.2) is 0 Å². The smallest absolute Gasteiger partial charge is 0.0184 e. The molecular formula is C10H22N2S. The molecule has 2 unspecified atom stereocenters.